The highest BCUT2D eigenvalue weighted by atomic mass is 16.5. The standard InChI is InChI=1S/C19H28N4O/c1-2-8-22(9-3-1)12-19-13-23(10-16(19)11-24-14-19)17-6-7-20-18(21-17)15-4-5-15/h6-7,15-16H,1-5,8-14H2/t16-,19+/m1/s1. The highest BCUT2D eigenvalue weighted by molar-refractivity contribution is 5.41. The van der Waals surface area contributed by atoms with Gasteiger partial charge in [0.2, 0.25) is 0 Å². The van der Waals surface area contributed by atoms with Gasteiger partial charge in [0.05, 0.1) is 13.2 Å². The third-order valence-electron chi connectivity index (χ3n) is 6.43. The van der Waals surface area contributed by atoms with E-state index >= 15 is 0 Å². The first-order valence-corrected chi connectivity index (χ1v) is 9.70. The smallest absolute Gasteiger partial charge is 0.133 e. The van der Waals surface area contributed by atoms with Crippen molar-refractivity contribution in [3.8, 4) is 0 Å². The largest absolute Gasteiger partial charge is 0.380 e. The Kier molecular flexibility index (Phi) is 3.74. The van der Waals surface area contributed by atoms with Gasteiger partial charge < -0.3 is 14.5 Å². The molecule has 2 atom stereocenters. The second-order valence-corrected chi connectivity index (χ2v) is 8.34. The van der Waals surface area contributed by atoms with Crippen LogP contribution in [0.2, 0.25) is 0 Å². The van der Waals surface area contributed by atoms with Gasteiger partial charge in [0.25, 0.3) is 0 Å². The number of hydrogen-bond donors (Lipinski definition) is 0. The first-order valence-electron chi connectivity index (χ1n) is 9.70. The monoisotopic (exact) mass is 328 g/mol. The molecule has 4 heterocycles. The van der Waals surface area contributed by atoms with Crippen LogP contribution in [0.15, 0.2) is 12.3 Å². The van der Waals surface area contributed by atoms with Crippen molar-refractivity contribution in [1.82, 2.24) is 14.9 Å². The molecule has 0 N–H and O–H groups in total. The van der Waals surface area contributed by atoms with Gasteiger partial charge in [0, 0.05) is 43.1 Å². The van der Waals surface area contributed by atoms with Gasteiger partial charge in [-0.15, -0.1) is 0 Å². The van der Waals surface area contributed by atoms with Gasteiger partial charge in [-0.25, -0.2) is 9.97 Å². The molecule has 0 bridgehead atoms. The Bertz CT molecular complexity index is 599. The van der Waals surface area contributed by atoms with E-state index in [0.717, 1.165) is 37.9 Å². The second kappa shape index (κ2) is 5.95. The van der Waals surface area contributed by atoms with Crippen molar-refractivity contribution in [2.45, 2.75) is 38.0 Å². The number of rotatable bonds is 4. The fourth-order valence-corrected chi connectivity index (χ4v) is 4.87. The van der Waals surface area contributed by atoms with E-state index in [1.165, 1.54) is 51.7 Å². The molecule has 0 amide bonds. The Balaban J connectivity index is 1.34. The van der Waals surface area contributed by atoms with Crippen LogP contribution in [-0.4, -0.2) is 60.8 Å². The van der Waals surface area contributed by atoms with Crippen LogP contribution < -0.4 is 4.90 Å². The molecule has 3 saturated heterocycles. The SMILES string of the molecule is c1cc(N2C[C@@H]3COC[C@]3(CN3CCCCC3)C2)nc(C2CC2)n1. The normalized spacial score (nSPS) is 33.8. The minimum atomic E-state index is 0.308. The summed E-state index contributed by atoms with van der Waals surface area (Å²) < 4.78 is 5.93. The molecular formula is C19H28N4O. The van der Waals surface area contributed by atoms with E-state index in [1.807, 2.05) is 6.20 Å². The third-order valence-corrected chi connectivity index (χ3v) is 6.43. The molecule has 24 heavy (non-hydrogen) atoms. The van der Waals surface area contributed by atoms with Gasteiger partial charge in [-0.3, -0.25) is 0 Å². The van der Waals surface area contributed by atoms with Crippen molar-refractivity contribution in [2.24, 2.45) is 11.3 Å². The molecule has 4 fully saturated rings. The zero-order valence-electron chi connectivity index (χ0n) is 14.5. The summed E-state index contributed by atoms with van der Waals surface area (Å²) in [5.74, 6) is 3.47. The molecule has 5 nitrogen and oxygen atoms in total. The lowest BCUT2D eigenvalue weighted by Gasteiger charge is -2.36. The maximum Gasteiger partial charge on any atom is 0.133 e. The lowest BCUT2D eigenvalue weighted by atomic mass is 9.80. The lowest BCUT2D eigenvalue weighted by molar-refractivity contribution is 0.104. The predicted octanol–water partition coefficient (Wildman–Crippen LogP) is 2.29. The summed E-state index contributed by atoms with van der Waals surface area (Å²) in [5.41, 5.74) is 0.308. The molecule has 130 valence electrons. The fourth-order valence-electron chi connectivity index (χ4n) is 4.87. The van der Waals surface area contributed by atoms with E-state index in [0.29, 0.717) is 17.3 Å². The zero-order valence-corrected chi connectivity index (χ0v) is 14.5. The summed E-state index contributed by atoms with van der Waals surface area (Å²) in [7, 11) is 0. The number of anilines is 1. The number of ether oxygens (including phenoxy) is 1. The molecule has 4 aliphatic rings. The van der Waals surface area contributed by atoms with Crippen LogP contribution in [0.5, 0.6) is 0 Å². The number of piperidine rings is 1. The van der Waals surface area contributed by atoms with Crippen LogP contribution in [0.3, 0.4) is 0 Å². The lowest BCUT2D eigenvalue weighted by Crippen LogP contribution is -2.45. The van der Waals surface area contributed by atoms with E-state index in [4.69, 9.17) is 9.72 Å². The van der Waals surface area contributed by atoms with Gasteiger partial charge in [0.15, 0.2) is 0 Å². The molecule has 1 aromatic rings. The van der Waals surface area contributed by atoms with Crippen molar-refractivity contribution in [3.05, 3.63) is 18.1 Å². The Morgan fingerprint density at radius 1 is 1.21 bits per heavy atom. The second-order valence-electron chi connectivity index (χ2n) is 8.34. The number of nitrogens with zero attached hydrogens (tertiary/aromatic N) is 4. The molecule has 1 saturated carbocycles. The van der Waals surface area contributed by atoms with Crippen LogP contribution in [0.25, 0.3) is 0 Å². The Labute approximate surface area is 144 Å². The first-order chi connectivity index (χ1) is 11.8. The highest BCUT2D eigenvalue weighted by Gasteiger charge is 2.51. The molecule has 0 aromatic carbocycles. The molecule has 1 aromatic heterocycles. The first kappa shape index (κ1) is 15.1. The Morgan fingerprint density at radius 3 is 2.92 bits per heavy atom. The number of aromatic nitrogens is 2. The van der Waals surface area contributed by atoms with Gasteiger partial charge in [-0.05, 0) is 44.8 Å². The number of hydrogen-bond acceptors (Lipinski definition) is 5. The van der Waals surface area contributed by atoms with Gasteiger partial charge in [0.1, 0.15) is 11.6 Å². The summed E-state index contributed by atoms with van der Waals surface area (Å²) >= 11 is 0. The summed E-state index contributed by atoms with van der Waals surface area (Å²) in [6, 6.07) is 2.10. The summed E-state index contributed by atoms with van der Waals surface area (Å²) in [5, 5.41) is 0. The molecule has 0 unspecified atom stereocenters. The molecule has 1 aliphatic carbocycles. The molecule has 5 heteroatoms. The Morgan fingerprint density at radius 2 is 2.08 bits per heavy atom. The fraction of sp³-hybridized carbons (Fsp3) is 0.789. The van der Waals surface area contributed by atoms with Gasteiger partial charge >= 0.3 is 0 Å². The number of fused-ring (bicyclic) bond motifs is 1. The maximum atomic E-state index is 5.93. The van der Waals surface area contributed by atoms with Crippen LogP contribution in [0, 0.1) is 11.3 Å². The average Bonchev–Trinajstić information content (AvgIpc) is 3.31. The summed E-state index contributed by atoms with van der Waals surface area (Å²) in [6.07, 6.45) is 8.61. The van der Waals surface area contributed by atoms with Gasteiger partial charge in [-0.1, -0.05) is 6.42 Å². The molecular weight excluding hydrogens is 300 g/mol. The van der Waals surface area contributed by atoms with E-state index in [-0.39, 0.29) is 0 Å². The van der Waals surface area contributed by atoms with Crippen LogP contribution in [-0.2, 0) is 4.74 Å². The molecule has 0 radical (unpaired) electrons. The van der Waals surface area contributed by atoms with Crippen molar-refractivity contribution >= 4 is 5.82 Å². The molecule has 5 rings (SSSR count). The molecule has 3 aliphatic heterocycles. The van der Waals surface area contributed by atoms with Crippen molar-refractivity contribution < 1.29 is 4.74 Å². The minimum absolute atomic E-state index is 0.308. The van der Waals surface area contributed by atoms with E-state index in [9.17, 15) is 0 Å². The van der Waals surface area contributed by atoms with Crippen LogP contribution in [0.1, 0.15) is 43.8 Å². The zero-order chi connectivity index (χ0) is 16.0. The quantitative estimate of drug-likeness (QED) is 0.848. The molecule has 0 spiro atoms. The van der Waals surface area contributed by atoms with Crippen molar-refractivity contribution in [2.75, 3.05) is 50.8 Å². The van der Waals surface area contributed by atoms with E-state index in [1.54, 1.807) is 0 Å². The predicted molar refractivity (Wildman–Crippen MR) is 93.3 cm³/mol. The average molecular weight is 328 g/mol. The summed E-state index contributed by atoms with van der Waals surface area (Å²) in [6.45, 7) is 7.77. The minimum Gasteiger partial charge on any atom is -0.380 e. The van der Waals surface area contributed by atoms with E-state index < -0.39 is 0 Å². The summed E-state index contributed by atoms with van der Waals surface area (Å²) in [4.78, 5) is 14.6. The number of likely N-dealkylation sites (tertiary alicyclic amines) is 1. The third kappa shape index (κ3) is 2.72. The maximum absolute atomic E-state index is 5.93. The van der Waals surface area contributed by atoms with Gasteiger partial charge in [-0.2, -0.15) is 0 Å². The van der Waals surface area contributed by atoms with E-state index in [2.05, 4.69) is 20.9 Å². The Hall–Kier alpha value is -1.20. The topological polar surface area (TPSA) is 41.5 Å². The van der Waals surface area contributed by atoms with Crippen molar-refractivity contribution in [3.63, 3.8) is 0 Å². The van der Waals surface area contributed by atoms with Crippen LogP contribution >= 0.6 is 0 Å². The highest BCUT2D eigenvalue weighted by Crippen LogP contribution is 2.44. The van der Waals surface area contributed by atoms with Crippen molar-refractivity contribution in [1.29, 1.82) is 0 Å². The van der Waals surface area contributed by atoms with Crippen LogP contribution in [0.4, 0.5) is 5.82 Å².